The molecule has 2 rings (SSSR count). The van der Waals surface area contributed by atoms with Crippen LogP contribution in [0, 0.1) is 6.92 Å². The maximum atomic E-state index is 11.1. The first kappa shape index (κ1) is 12.4. The van der Waals surface area contributed by atoms with Crippen LogP contribution in [0.25, 0.3) is 0 Å². The topological polar surface area (TPSA) is 70.7 Å². The Morgan fingerprint density at radius 1 is 1.28 bits per heavy atom. The van der Waals surface area contributed by atoms with E-state index in [1.54, 1.807) is 12.1 Å². The van der Waals surface area contributed by atoms with Gasteiger partial charge in [-0.2, -0.15) is 0 Å². The van der Waals surface area contributed by atoms with Crippen molar-refractivity contribution in [2.24, 2.45) is 0 Å². The van der Waals surface area contributed by atoms with Crippen molar-refractivity contribution in [1.82, 2.24) is 0 Å². The number of rotatable bonds is 3. The van der Waals surface area contributed by atoms with E-state index in [0.717, 1.165) is 5.56 Å². The van der Waals surface area contributed by atoms with E-state index >= 15 is 0 Å². The number of carboxylic acid groups (broad SMARTS) is 1. The molecule has 0 fully saturated rings. The number of benzene rings is 1. The molecule has 1 aromatic heterocycles. The SMILES string of the molecule is Cc1ccccc1C(C)(O)c1occc1C(=O)O. The lowest BCUT2D eigenvalue weighted by Gasteiger charge is -2.24. The van der Waals surface area contributed by atoms with Crippen molar-refractivity contribution in [2.45, 2.75) is 19.4 Å². The number of hydrogen-bond acceptors (Lipinski definition) is 3. The molecule has 0 saturated heterocycles. The van der Waals surface area contributed by atoms with Crippen LogP contribution >= 0.6 is 0 Å². The molecule has 1 atom stereocenters. The van der Waals surface area contributed by atoms with Gasteiger partial charge in [-0.1, -0.05) is 24.3 Å². The van der Waals surface area contributed by atoms with Crippen molar-refractivity contribution < 1.29 is 19.4 Å². The first-order chi connectivity index (χ1) is 8.44. The van der Waals surface area contributed by atoms with Gasteiger partial charge in [-0.3, -0.25) is 0 Å². The third kappa shape index (κ3) is 1.91. The van der Waals surface area contributed by atoms with Crippen LogP contribution in [0.5, 0.6) is 0 Å². The molecule has 0 bridgehead atoms. The Morgan fingerprint density at radius 2 is 1.94 bits per heavy atom. The summed E-state index contributed by atoms with van der Waals surface area (Å²) in [5, 5.41) is 19.7. The Kier molecular flexibility index (Phi) is 2.97. The molecule has 0 radical (unpaired) electrons. The van der Waals surface area contributed by atoms with E-state index in [4.69, 9.17) is 9.52 Å². The highest BCUT2D eigenvalue weighted by Gasteiger charge is 2.34. The quantitative estimate of drug-likeness (QED) is 0.873. The van der Waals surface area contributed by atoms with E-state index in [1.807, 2.05) is 19.1 Å². The van der Waals surface area contributed by atoms with Gasteiger partial charge < -0.3 is 14.6 Å². The average Bonchev–Trinajstić information content (AvgIpc) is 2.78. The summed E-state index contributed by atoms with van der Waals surface area (Å²) in [6.45, 7) is 3.38. The van der Waals surface area contributed by atoms with Crippen LogP contribution in [0.15, 0.2) is 41.0 Å². The van der Waals surface area contributed by atoms with E-state index in [0.29, 0.717) is 5.56 Å². The maximum absolute atomic E-state index is 11.1. The number of aliphatic hydroxyl groups is 1. The van der Waals surface area contributed by atoms with Crippen LogP contribution in [-0.4, -0.2) is 16.2 Å². The van der Waals surface area contributed by atoms with E-state index in [-0.39, 0.29) is 11.3 Å². The predicted octanol–water partition coefficient (Wildman–Crippen LogP) is 2.54. The van der Waals surface area contributed by atoms with Crippen LogP contribution in [0.1, 0.15) is 34.2 Å². The second kappa shape index (κ2) is 4.31. The molecule has 18 heavy (non-hydrogen) atoms. The van der Waals surface area contributed by atoms with E-state index in [9.17, 15) is 9.90 Å². The fraction of sp³-hybridized carbons (Fsp3) is 0.214. The zero-order valence-electron chi connectivity index (χ0n) is 10.2. The summed E-state index contributed by atoms with van der Waals surface area (Å²) < 4.78 is 5.17. The van der Waals surface area contributed by atoms with Crippen LogP contribution in [0.4, 0.5) is 0 Å². The number of carboxylic acids is 1. The zero-order chi connectivity index (χ0) is 13.3. The lowest BCUT2D eigenvalue weighted by Crippen LogP contribution is -2.25. The van der Waals surface area contributed by atoms with Gasteiger partial charge in [-0.05, 0) is 31.0 Å². The summed E-state index contributed by atoms with van der Waals surface area (Å²) in [6.07, 6.45) is 1.27. The third-order valence-electron chi connectivity index (χ3n) is 3.01. The Morgan fingerprint density at radius 3 is 2.56 bits per heavy atom. The van der Waals surface area contributed by atoms with E-state index < -0.39 is 11.6 Å². The number of carbonyl (C=O) groups is 1. The number of hydrogen-bond donors (Lipinski definition) is 2. The van der Waals surface area contributed by atoms with Crippen LogP contribution in [-0.2, 0) is 5.60 Å². The summed E-state index contributed by atoms with van der Waals surface area (Å²) in [6, 6.07) is 8.59. The number of aromatic carboxylic acids is 1. The normalized spacial score (nSPS) is 14.2. The van der Waals surface area contributed by atoms with Gasteiger partial charge in [-0.25, -0.2) is 4.79 Å². The molecule has 0 saturated carbocycles. The van der Waals surface area contributed by atoms with Crippen molar-refractivity contribution in [2.75, 3.05) is 0 Å². The summed E-state index contributed by atoms with van der Waals surface area (Å²) in [5.41, 5.74) is 0.00342. The molecule has 0 amide bonds. The second-order valence-corrected chi connectivity index (χ2v) is 4.36. The minimum absolute atomic E-state index is 0.0248. The molecule has 0 aliphatic carbocycles. The zero-order valence-corrected chi connectivity index (χ0v) is 10.2. The van der Waals surface area contributed by atoms with Gasteiger partial charge in [0.2, 0.25) is 0 Å². The van der Waals surface area contributed by atoms with Gasteiger partial charge in [0.1, 0.15) is 11.2 Å². The van der Waals surface area contributed by atoms with Crippen molar-refractivity contribution in [3.05, 3.63) is 59.0 Å². The molecule has 0 spiro atoms. The summed E-state index contributed by atoms with van der Waals surface area (Å²) in [5.74, 6) is -1.07. The van der Waals surface area contributed by atoms with Crippen molar-refractivity contribution in [1.29, 1.82) is 0 Å². The maximum Gasteiger partial charge on any atom is 0.339 e. The molecule has 4 nitrogen and oxygen atoms in total. The highest BCUT2D eigenvalue weighted by atomic mass is 16.4. The molecule has 1 unspecified atom stereocenters. The average molecular weight is 246 g/mol. The fourth-order valence-electron chi connectivity index (χ4n) is 2.10. The van der Waals surface area contributed by atoms with Crippen molar-refractivity contribution in [3.8, 4) is 0 Å². The third-order valence-corrected chi connectivity index (χ3v) is 3.01. The molecule has 0 aliphatic rings. The molecular weight excluding hydrogens is 232 g/mol. The summed E-state index contributed by atoms with van der Waals surface area (Å²) in [7, 11) is 0. The first-order valence-electron chi connectivity index (χ1n) is 5.54. The molecule has 4 heteroatoms. The molecule has 1 heterocycles. The molecule has 94 valence electrons. The Bertz CT molecular complexity index is 581. The lowest BCUT2D eigenvalue weighted by atomic mass is 9.88. The second-order valence-electron chi connectivity index (χ2n) is 4.36. The summed E-state index contributed by atoms with van der Waals surface area (Å²) in [4.78, 5) is 11.1. The standard InChI is InChI=1S/C14H14O4/c1-9-5-3-4-6-11(9)14(2,17)12-10(13(15)16)7-8-18-12/h3-8,17H,1-2H3,(H,15,16). The smallest absolute Gasteiger partial charge is 0.339 e. The van der Waals surface area contributed by atoms with Gasteiger partial charge in [0, 0.05) is 0 Å². The predicted molar refractivity (Wildman–Crippen MR) is 65.5 cm³/mol. The van der Waals surface area contributed by atoms with E-state index in [2.05, 4.69) is 0 Å². The largest absolute Gasteiger partial charge is 0.478 e. The van der Waals surface area contributed by atoms with Gasteiger partial charge >= 0.3 is 5.97 Å². The van der Waals surface area contributed by atoms with Gasteiger partial charge in [-0.15, -0.1) is 0 Å². The molecule has 2 N–H and O–H groups in total. The van der Waals surface area contributed by atoms with Gasteiger partial charge in [0.15, 0.2) is 5.76 Å². The number of furan rings is 1. The van der Waals surface area contributed by atoms with Crippen molar-refractivity contribution in [3.63, 3.8) is 0 Å². The monoisotopic (exact) mass is 246 g/mol. The minimum Gasteiger partial charge on any atom is -0.478 e. The molecule has 0 aliphatic heterocycles. The van der Waals surface area contributed by atoms with E-state index in [1.165, 1.54) is 19.3 Å². The van der Waals surface area contributed by atoms with Crippen molar-refractivity contribution >= 4 is 5.97 Å². The first-order valence-corrected chi connectivity index (χ1v) is 5.54. The molecular formula is C14H14O4. The Balaban J connectivity index is 2.58. The van der Waals surface area contributed by atoms with Crippen LogP contribution < -0.4 is 0 Å². The molecule has 1 aromatic carbocycles. The lowest BCUT2D eigenvalue weighted by molar-refractivity contribution is 0.0613. The van der Waals surface area contributed by atoms with Gasteiger partial charge in [0.05, 0.1) is 6.26 Å². The van der Waals surface area contributed by atoms with Crippen LogP contribution in [0.3, 0.4) is 0 Å². The highest BCUT2D eigenvalue weighted by Crippen LogP contribution is 2.33. The Labute approximate surface area is 104 Å². The Hall–Kier alpha value is -2.07. The summed E-state index contributed by atoms with van der Waals surface area (Å²) >= 11 is 0. The fourth-order valence-corrected chi connectivity index (χ4v) is 2.10. The highest BCUT2D eigenvalue weighted by molar-refractivity contribution is 5.89. The number of aryl methyl sites for hydroxylation is 1. The molecule has 2 aromatic rings. The minimum atomic E-state index is -1.47. The van der Waals surface area contributed by atoms with Crippen LogP contribution in [0.2, 0.25) is 0 Å². The van der Waals surface area contributed by atoms with Gasteiger partial charge in [0.25, 0.3) is 0 Å².